The zero-order valence-electron chi connectivity index (χ0n) is 22.1. The van der Waals surface area contributed by atoms with Crippen LogP contribution in [0.1, 0.15) is 31.9 Å². The number of anilines is 6. The van der Waals surface area contributed by atoms with E-state index in [-0.39, 0.29) is 5.41 Å². The predicted molar refractivity (Wildman–Crippen MR) is 159 cm³/mol. The summed E-state index contributed by atoms with van der Waals surface area (Å²) in [6, 6.07) is 47.6. The lowest BCUT2D eigenvalue weighted by molar-refractivity contribution is 0.590. The van der Waals surface area contributed by atoms with Gasteiger partial charge in [0.2, 0.25) is 0 Å². The van der Waals surface area contributed by atoms with E-state index in [2.05, 4.69) is 171 Å². The maximum atomic E-state index is 2.31. The molecular formula is C35H34N2. The molecule has 37 heavy (non-hydrogen) atoms. The van der Waals surface area contributed by atoms with Gasteiger partial charge in [0.15, 0.2) is 0 Å². The molecule has 0 aliphatic carbocycles. The molecule has 0 aliphatic heterocycles. The van der Waals surface area contributed by atoms with Crippen molar-refractivity contribution >= 4 is 34.1 Å². The number of hydrogen-bond acceptors (Lipinski definition) is 2. The van der Waals surface area contributed by atoms with Gasteiger partial charge in [-0.1, -0.05) is 87.0 Å². The number of nitrogens with zero attached hydrogens (tertiary/aromatic N) is 2. The van der Waals surface area contributed by atoms with Crippen LogP contribution in [0.25, 0.3) is 0 Å². The smallest absolute Gasteiger partial charge is 0.0463 e. The van der Waals surface area contributed by atoms with Crippen LogP contribution in [0.15, 0.2) is 133 Å². The lowest BCUT2D eigenvalue weighted by atomic mass is 9.87. The SMILES string of the molecule is Cc1ccc(N(c2ccccc2)c2ccc(N(c3ccccc3)c3ccc(C(C)(C)C)cc3)cc2)cc1. The standard InChI is InChI=1S/C35H34N2/c1-27-15-19-31(20-16-27)36(29-11-7-5-8-12-29)33-23-25-34(26-24-33)37(30-13-9-6-10-14-30)32-21-17-28(18-22-32)35(2,3)4/h5-26H,1-4H3. The first-order valence-electron chi connectivity index (χ1n) is 12.9. The van der Waals surface area contributed by atoms with Gasteiger partial charge >= 0.3 is 0 Å². The highest BCUT2D eigenvalue weighted by Crippen LogP contribution is 2.39. The monoisotopic (exact) mass is 482 g/mol. The fourth-order valence-corrected chi connectivity index (χ4v) is 4.60. The lowest BCUT2D eigenvalue weighted by Crippen LogP contribution is -2.13. The normalized spacial score (nSPS) is 11.2. The highest BCUT2D eigenvalue weighted by molar-refractivity contribution is 5.81. The Hall–Kier alpha value is -4.30. The third-order valence-electron chi connectivity index (χ3n) is 6.68. The van der Waals surface area contributed by atoms with Crippen molar-refractivity contribution in [3.63, 3.8) is 0 Å². The molecule has 2 nitrogen and oxygen atoms in total. The number of hydrogen-bond donors (Lipinski definition) is 0. The molecule has 0 amide bonds. The summed E-state index contributed by atoms with van der Waals surface area (Å²) in [6.45, 7) is 8.88. The minimum atomic E-state index is 0.120. The van der Waals surface area contributed by atoms with Gasteiger partial charge in [0.1, 0.15) is 0 Å². The molecule has 184 valence electrons. The molecule has 0 aliphatic rings. The Morgan fingerprint density at radius 1 is 0.378 bits per heavy atom. The number of para-hydroxylation sites is 2. The number of benzene rings is 5. The van der Waals surface area contributed by atoms with Gasteiger partial charge in [-0.3, -0.25) is 0 Å². The maximum absolute atomic E-state index is 2.31. The first kappa shape index (κ1) is 24.4. The molecule has 0 N–H and O–H groups in total. The van der Waals surface area contributed by atoms with Crippen molar-refractivity contribution in [2.45, 2.75) is 33.1 Å². The first-order valence-corrected chi connectivity index (χ1v) is 12.9. The summed E-state index contributed by atoms with van der Waals surface area (Å²) in [7, 11) is 0. The largest absolute Gasteiger partial charge is 0.311 e. The van der Waals surface area contributed by atoms with E-state index >= 15 is 0 Å². The van der Waals surface area contributed by atoms with Gasteiger partial charge < -0.3 is 9.80 Å². The number of aryl methyl sites for hydroxylation is 1. The predicted octanol–water partition coefficient (Wildman–Crippen LogP) is 10.2. The van der Waals surface area contributed by atoms with Gasteiger partial charge in [0, 0.05) is 34.1 Å². The van der Waals surface area contributed by atoms with Crippen LogP contribution in [0.3, 0.4) is 0 Å². The fraction of sp³-hybridized carbons (Fsp3) is 0.143. The third-order valence-corrected chi connectivity index (χ3v) is 6.68. The van der Waals surface area contributed by atoms with E-state index in [1.807, 2.05) is 0 Å². The van der Waals surface area contributed by atoms with Gasteiger partial charge in [0.25, 0.3) is 0 Å². The molecule has 5 rings (SSSR count). The first-order chi connectivity index (χ1) is 17.9. The average molecular weight is 483 g/mol. The summed E-state index contributed by atoms with van der Waals surface area (Å²) in [5.41, 5.74) is 9.50. The summed E-state index contributed by atoms with van der Waals surface area (Å²) >= 11 is 0. The molecule has 5 aromatic carbocycles. The van der Waals surface area contributed by atoms with Crippen LogP contribution in [0.4, 0.5) is 34.1 Å². The van der Waals surface area contributed by atoms with Crippen molar-refractivity contribution in [2.75, 3.05) is 9.80 Å². The highest BCUT2D eigenvalue weighted by atomic mass is 15.2. The molecule has 0 radical (unpaired) electrons. The van der Waals surface area contributed by atoms with Crippen molar-refractivity contribution in [2.24, 2.45) is 0 Å². The van der Waals surface area contributed by atoms with E-state index in [4.69, 9.17) is 0 Å². The molecule has 5 aromatic rings. The minimum Gasteiger partial charge on any atom is -0.311 e. The molecule has 0 spiro atoms. The molecule has 0 atom stereocenters. The Kier molecular flexibility index (Phi) is 6.83. The molecule has 0 heterocycles. The quantitative estimate of drug-likeness (QED) is 0.237. The van der Waals surface area contributed by atoms with E-state index in [1.165, 1.54) is 11.1 Å². The minimum absolute atomic E-state index is 0.120. The Bertz CT molecular complexity index is 1410. The molecule has 0 fully saturated rings. The highest BCUT2D eigenvalue weighted by Gasteiger charge is 2.17. The average Bonchev–Trinajstić information content (AvgIpc) is 2.92. The zero-order valence-corrected chi connectivity index (χ0v) is 22.1. The van der Waals surface area contributed by atoms with Crippen molar-refractivity contribution in [3.8, 4) is 0 Å². The van der Waals surface area contributed by atoms with Crippen molar-refractivity contribution in [1.82, 2.24) is 0 Å². The summed E-state index contributed by atoms with van der Waals surface area (Å²) < 4.78 is 0. The van der Waals surface area contributed by atoms with Crippen molar-refractivity contribution < 1.29 is 0 Å². The second kappa shape index (κ2) is 10.4. The topological polar surface area (TPSA) is 6.48 Å². The molecule has 0 bridgehead atoms. The second-order valence-electron chi connectivity index (χ2n) is 10.5. The molecule has 0 unspecified atom stereocenters. The van der Waals surface area contributed by atoms with Crippen LogP contribution < -0.4 is 9.80 Å². The van der Waals surface area contributed by atoms with E-state index in [0.29, 0.717) is 0 Å². The second-order valence-corrected chi connectivity index (χ2v) is 10.5. The van der Waals surface area contributed by atoms with E-state index in [9.17, 15) is 0 Å². The third kappa shape index (κ3) is 5.44. The van der Waals surface area contributed by atoms with Crippen molar-refractivity contribution in [3.05, 3.63) is 145 Å². The summed E-state index contributed by atoms with van der Waals surface area (Å²) in [4.78, 5) is 4.61. The molecule has 0 saturated carbocycles. The van der Waals surface area contributed by atoms with Gasteiger partial charge in [-0.15, -0.1) is 0 Å². The molecule has 2 heteroatoms. The summed E-state index contributed by atoms with van der Waals surface area (Å²) in [6.07, 6.45) is 0. The van der Waals surface area contributed by atoms with Crippen LogP contribution in [0.5, 0.6) is 0 Å². The van der Waals surface area contributed by atoms with Crippen LogP contribution >= 0.6 is 0 Å². The number of rotatable bonds is 6. The molecule has 0 aromatic heterocycles. The summed E-state index contributed by atoms with van der Waals surface area (Å²) in [5.74, 6) is 0. The Morgan fingerprint density at radius 3 is 1.03 bits per heavy atom. The Labute approximate surface area is 221 Å². The Balaban J connectivity index is 1.55. The van der Waals surface area contributed by atoms with E-state index in [0.717, 1.165) is 34.1 Å². The van der Waals surface area contributed by atoms with Crippen LogP contribution in [-0.2, 0) is 5.41 Å². The van der Waals surface area contributed by atoms with E-state index < -0.39 is 0 Å². The van der Waals surface area contributed by atoms with Crippen LogP contribution in [0, 0.1) is 6.92 Å². The summed E-state index contributed by atoms with van der Waals surface area (Å²) in [5, 5.41) is 0. The zero-order chi connectivity index (χ0) is 25.8. The fourth-order valence-electron chi connectivity index (χ4n) is 4.60. The maximum Gasteiger partial charge on any atom is 0.0463 e. The van der Waals surface area contributed by atoms with Gasteiger partial charge in [-0.25, -0.2) is 0 Å². The van der Waals surface area contributed by atoms with Gasteiger partial charge in [-0.05, 0) is 90.7 Å². The van der Waals surface area contributed by atoms with Gasteiger partial charge in [0.05, 0.1) is 0 Å². The van der Waals surface area contributed by atoms with Crippen LogP contribution in [-0.4, -0.2) is 0 Å². The Morgan fingerprint density at radius 2 is 0.676 bits per heavy atom. The van der Waals surface area contributed by atoms with Crippen LogP contribution in [0.2, 0.25) is 0 Å². The van der Waals surface area contributed by atoms with Crippen molar-refractivity contribution in [1.29, 1.82) is 0 Å². The molecule has 0 saturated heterocycles. The molecular weight excluding hydrogens is 448 g/mol. The van der Waals surface area contributed by atoms with Gasteiger partial charge in [-0.2, -0.15) is 0 Å². The lowest BCUT2D eigenvalue weighted by Gasteiger charge is -2.29. The van der Waals surface area contributed by atoms with E-state index in [1.54, 1.807) is 0 Å².